The first-order valence-electron chi connectivity index (χ1n) is 9.64. The molecule has 0 radical (unpaired) electrons. The van der Waals surface area contributed by atoms with Gasteiger partial charge in [0, 0.05) is 25.9 Å². The summed E-state index contributed by atoms with van der Waals surface area (Å²) in [6.07, 6.45) is 1.81. The standard InChI is InChI=1S/C22H20ClN3O3/c1-28-14-6-7-19-15(12-14)18(27)13-22(29-19)8-10-26(11-9-22)21-20(23)24-16-4-2-3-5-17(16)25-21/h2-7,12H,8-11,13H2,1H3. The summed E-state index contributed by atoms with van der Waals surface area (Å²) in [6.45, 7) is 1.40. The first-order valence-corrected chi connectivity index (χ1v) is 10.0. The fourth-order valence-corrected chi connectivity index (χ4v) is 4.43. The van der Waals surface area contributed by atoms with Crippen molar-refractivity contribution in [2.24, 2.45) is 0 Å². The third-order valence-electron chi connectivity index (χ3n) is 5.78. The monoisotopic (exact) mass is 409 g/mol. The number of aromatic nitrogens is 2. The van der Waals surface area contributed by atoms with E-state index in [0.29, 0.717) is 47.5 Å². The number of carbonyl (C=O) groups is 1. The highest BCUT2D eigenvalue weighted by Gasteiger charge is 2.43. The van der Waals surface area contributed by atoms with Crippen LogP contribution in [0.1, 0.15) is 29.6 Å². The summed E-state index contributed by atoms with van der Waals surface area (Å²) in [4.78, 5) is 24.1. The normalized spacial score (nSPS) is 17.9. The van der Waals surface area contributed by atoms with Gasteiger partial charge in [0.15, 0.2) is 16.8 Å². The number of methoxy groups -OCH3 is 1. The second-order valence-corrected chi connectivity index (χ2v) is 7.92. The highest BCUT2D eigenvalue weighted by Crippen LogP contribution is 2.41. The summed E-state index contributed by atoms with van der Waals surface area (Å²) in [5, 5.41) is 0.401. The fraction of sp³-hybridized carbons (Fsp3) is 0.318. The Bertz CT molecular complexity index is 1110. The number of hydrogen-bond donors (Lipinski definition) is 0. The quantitative estimate of drug-likeness (QED) is 0.629. The maximum Gasteiger partial charge on any atom is 0.172 e. The number of ether oxygens (including phenoxy) is 2. The number of benzene rings is 2. The number of fused-ring (bicyclic) bond motifs is 2. The number of Topliss-reactive ketones (excluding diaryl/α,β-unsaturated/α-hetero) is 1. The number of ketones is 1. The van der Waals surface area contributed by atoms with E-state index in [1.54, 1.807) is 13.2 Å². The van der Waals surface area contributed by atoms with Gasteiger partial charge < -0.3 is 14.4 Å². The van der Waals surface area contributed by atoms with Crippen molar-refractivity contribution in [3.63, 3.8) is 0 Å². The van der Waals surface area contributed by atoms with Crippen LogP contribution in [0, 0.1) is 0 Å². The average molecular weight is 410 g/mol. The van der Waals surface area contributed by atoms with Gasteiger partial charge in [-0.1, -0.05) is 23.7 Å². The summed E-state index contributed by atoms with van der Waals surface area (Å²) in [5.74, 6) is 2.09. The molecule has 0 amide bonds. The lowest BCUT2D eigenvalue weighted by Gasteiger charge is -2.44. The van der Waals surface area contributed by atoms with E-state index in [1.807, 2.05) is 36.4 Å². The maximum absolute atomic E-state index is 12.8. The summed E-state index contributed by atoms with van der Waals surface area (Å²) in [7, 11) is 1.59. The van der Waals surface area contributed by atoms with Crippen LogP contribution in [0.4, 0.5) is 5.82 Å². The van der Waals surface area contributed by atoms with Crippen LogP contribution in [0.5, 0.6) is 11.5 Å². The van der Waals surface area contributed by atoms with Crippen LogP contribution in [-0.4, -0.2) is 41.6 Å². The number of anilines is 1. The zero-order valence-electron chi connectivity index (χ0n) is 16.0. The third kappa shape index (κ3) is 3.17. The summed E-state index contributed by atoms with van der Waals surface area (Å²) in [6, 6.07) is 13.1. The second kappa shape index (κ2) is 6.88. The molecule has 3 aromatic rings. The molecule has 5 rings (SSSR count). The topological polar surface area (TPSA) is 64.5 Å². The molecule has 0 atom stereocenters. The van der Waals surface area contributed by atoms with Crippen LogP contribution in [0.3, 0.4) is 0 Å². The van der Waals surface area contributed by atoms with Crippen molar-refractivity contribution in [2.45, 2.75) is 24.9 Å². The van der Waals surface area contributed by atoms with Crippen molar-refractivity contribution in [1.29, 1.82) is 0 Å². The molecular weight excluding hydrogens is 390 g/mol. The number of hydrogen-bond acceptors (Lipinski definition) is 6. The van der Waals surface area contributed by atoms with Crippen molar-refractivity contribution in [2.75, 3.05) is 25.1 Å². The fourth-order valence-electron chi connectivity index (χ4n) is 4.18. The van der Waals surface area contributed by atoms with Gasteiger partial charge in [0.2, 0.25) is 0 Å². The Morgan fingerprint density at radius 1 is 1.10 bits per heavy atom. The molecule has 0 saturated carbocycles. The van der Waals surface area contributed by atoms with Crippen molar-refractivity contribution < 1.29 is 14.3 Å². The van der Waals surface area contributed by atoms with Crippen LogP contribution in [-0.2, 0) is 0 Å². The van der Waals surface area contributed by atoms with Crippen LogP contribution >= 0.6 is 11.6 Å². The zero-order chi connectivity index (χ0) is 20.0. The molecule has 1 fully saturated rings. The molecule has 29 heavy (non-hydrogen) atoms. The smallest absolute Gasteiger partial charge is 0.172 e. The Hall–Kier alpha value is -2.86. The molecule has 7 heteroatoms. The molecule has 0 aliphatic carbocycles. The van der Waals surface area contributed by atoms with Gasteiger partial charge >= 0.3 is 0 Å². The number of piperidine rings is 1. The Labute approximate surface area is 173 Å². The first-order chi connectivity index (χ1) is 14.1. The molecule has 0 unspecified atom stereocenters. The van der Waals surface area contributed by atoms with Gasteiger partial charge in [0.25, 0.3) is 0 Å². The Morgan fingerprint density at radius 3 is 2.55 bits per heavy atom. The van der Waals surface area contributed by atoms with Crippen LogP contribution < -0.4 is 14.4 Å². The minimum absolute atomic E-state index is 0.0992. The Morgan fingerprint density at radius 2 is 1.83 bits per heavy atom. The van der Waals surface area contributed by atoms with Gasteiger partial charge in [-0.25, -0.2) is 9.97 Å². The van der Waals surface area contributed by atoms with E-state index in [0.717, 1.165) is 23.9 Å². The third-order valence-corrected chi connectivity index (χ3v) is 6.04. The van der Waals surface area contributed by atoms with E-state index < -0.39 is 5.60 Å². The summed E-state index contributed by atoms with van der Waals surface area (Å²) >= 11 is 6.42. The van der Waals surface area contributed by atoms with E-state index in [4.69, 9.17) is 26.1 Å². The molecule has 1 saturated heterocycles. The number of nitrogens with zero attached hydrogens (tertiary/aromatic N) is 3. The lowest BCUT2D eigenvalue weighted by atomic mass is 9.82. The summed E-state index contributed by atoms with van der Waals surface area (Å²) in [5.41, 5.74) is 1.72. The molecule has 1 spiro atoms. The molecule has 0 bridgehead atoms. The highest BCUT2D eigenvalue weighted by atomic mass is 35.5. The van der Waals surface area contributed by atoms with E-state index in [2.05, 4.69) is 9.88 Å². The first kappa shape index (κ1) is 18.2. The van der Waals surface area contributed by atoms with E-state index in [-0.39, 0.29) is 5.78 Å². The van der Waals surface area contributed by atoms with Gasteiger partial charge in [-0.05, 0) is 30.3 Å². The lowest BCUT2D eigenvalue weighted by molar-refractivity contribution is 0.0230. The predicted molar refractivity (Wildman–Crippen MR) is 111 cm³/mol. The van der Waals surface area contributed by atoms with Crippen LogP contribution in [0.25, 0.3) is 11.0 Å². The van der Waals surface area contributed by atoms with E-state index in [9.17, 15) is 4.79 Å². The predicted octanol–water partition coefficient (Wildman–Crippen LogP) is 4.30. The molecule has 1 aromatic heterocycles. The van der Waals surface area contributed by atoms with Gasteiger partial charge in [0.05, 0.1) is 30.1 Å². The molecule has 2 aliphatic heterocycles. The number of rotatable bonds is 2. The number of para-hydroxylation sites is 2. The molecule has 3 heterocycles. The average Bonchev–Trinajstić information content (AvgIpc) is 2.74. The largest absolute Gasteiger partial charge is 0.497 e. The minimum atomic E-state index is -0.480. The molecule has 0 N–H and O–H groups in total. The highest BCUT2D eigenvalue weighted by molar-refractivity contribution is 6.32. The minimum Gasteiger partial charge on any atom is -0.497 e. The lowest BCUT2D eigenvalue weighted by Crippen LogP contribution is -2.51. The molecular formula is C22H20ClN3O3. The van der Waals surface area contributed by atoms with Gasteiger partial charge in [-0.3, -0.25) is 4.79 Å². The van der Waals surface area contributed by atoms with Crippen molar-refractivity contribution in [3.05, 3.63) is 53.2 Å². The Kier molecular flexibility index (Phi) is 4.32. The van der Waals surface area contributed by atoms with Crippen LogP contribution in [0.2, 0.25) is 5.15 Å². The van der Waals surface area contributed by atoms with Crippen molar-refractivity contribution in [3.8, 4) is 11.5 Å². The zero-order valence-corrected chi connectivity index (χ0v) is 16.8. The van der Waals surface area contributed by atoms with Crippen LogP contribution in [0.15, 0.2) is 42.5 Å². The molecule has 2 aliphatic rings. The van der Waals surface area contributed by atoms with E-state index in [1.165, 1.54) is 0 Å². The SMILES string of the molecule is COc1ccc2c(c1)C(=O)CC1(CCN(c3nc4ccccc4nc3Cl)CC1)O2. The maximum atomic E-state index is 12.8. The molecule has 2 aromatic carbocycles. The van der Waals surface area contributed by atoms with Gasteiger partial charge in [-0.2, -0.15) is 0 Å². The Balaban J connectivity index is 1.38. The molecule has 6 nitrogen and oxygen atoms in total. The number of halogens is 1. The second-order valence-electron chi connectivity index (χ2n) is 7.56. The van der Waals surface area contributed by atoms with Crippen molar-refractivity contribution >= 4 is 34.2 Å². The van der Waals surface area contributed by atoms with Crippen molar-refractivity contribution in [1.82, 2.24) is 9.97 Å². The van der Waals surface area contributed by atoms with Gasteiger partial charge in [-0.15, -0.1) is 0 Å². The summed E-state index contributed by atoms with van der Waals surface area (Å²) < 4.78 is 11.6. The van der Waals surface area contributed by atoms with E-state index >= 15 is 0 Å². The number of carbonyl (C=O) groups excluding carboxylic acids is 1. The van der Waals surface area contributed by atoms with Gasteiger partial charge in [0.1, 0.15) is 17.1 Å². The molecule has 148 valence electrons.